The van der Waals surface area contributed by atoms with Crippen LogP contribution in [0, 0.1) is 24.3 Å². The van der Waals surface area contributed by atoms with Crippen molar-refractivity contribution in [2.24, 2.45) is 0 Å². The summed E-state index contributed by atoms with van der Waals surface area (Å²) < 4.78 is 1.15. The summed E-state index contributed by atoms with van der Waals surface area (Å²) in [5, 5.41) is 4.19. The SMILES string of the molecule is Cc1cc(C)c(CNc2ccc(I)cc2Cl)c(C)c1. The molecule has 0 saturated heterocycles. The van der Waals surface area contributed by atoms with E-state index < -0.39 is 0 Å². The highest BCUT2D eigenvalue weighted by Crippen LogP contribution is 2.25. The standard InChI is InChI=1S/C16H17ClIN/c1-10-6-11(2)14(12(3)7-10)9-19-16-5-4-13(18)8-15(16)17/h4-8,19H,9H2,1-3H3. The Kier molecular flexibility index (Phi) is 4.74. The van der Waals surface area contributed by atoms with E-state index in [0.29, 0.717) is 0 Å². The zero-order valence-corrected chi connectivity index (χ0v) is 14.3. The molecular formula is C16H17ClIN. The smallest absolute Gasteiger partial charge is 0.0648 e. The second-order valence-electron chi connectivity index (χ2n) is 4.85. The van der Waals surface area contributed by atoms with Gasteiger partial charge < -0.3 is 5.32 Å². The van der Waals surface area contributed by atoms with E-state index >= 15 is 0 Å². The predicted molar refractivity (Wildman–Crippen MR) is 92.1 cm³/mol. The fourth-order valence-electron chi connectivity index (χ4n) is 2.31. The lowest BCUT2D eigenvalue weighted by Crippen LogP contribution is -2.04. The van der Waals surface area contributed by atoms with E-state index in [4.69, 9.17) is 11.6 Å². The summed E-state index contributed by atoms with van der Waals surface area (Å²) >= 11 is 8.50. The summed E-state index contributed by atoms with van der Waals surface area (Å²) in [6.07, 6.45) is 0. The van der Waals surface area contributed by atoms with Crippen LogP contribution in [0.1, 0.15) is 22.3 Å². The van der Waals surface area contributed by atoms with E-state index in [1.54, 1.807) is 0 Å². The van der Waals surface area contributed by atoms with Crippen LogP contribution in [0.4, 0.5) is 5.69 Å². The summed E-state index contributed by atoms with van der Waals surface area (Å²) in [5.74, 6) is 0. The Morgan fingerprint density at radius 1 is 1.05 bits per heavy atom. The molecule has 0 atom stereocenters. The van der Waals surface area contributed by atoms with Gasteiger partial charge in [0.1, 0.15) is 0 Å². The lowest BCUT2D eigenvalue weighted by Gasteiger charge is -2.14. The van der Waals surface area contributed by atoms with Crippen molar-refractivity contribution < 1.29 is 0 Å². The quantitative estimate of drug-likeness (QED) is 0.690. The van der Waals surface area contributed by atoms with E-state index in [9.17, 15) is 0 Å². The lowest BCUT2D eigenvalue weighted by molar-refractivity contribution is 1.08. The largest absolute Gasteiger partial charge is 0.380 e. The fraction of sp³-hybridized carbons (Fsp3) is 0.250. The van der Waals surface area contributed by atoms with Crippen LogP contribution >= 0.6 is 34.2 Å². The molecule has 0 aliphatic carbocycles. The Labute approximate surface area is 133 Å². The number of hydrogen-bond donors (Lipinski definition) is 1. The first-order valence-corrected chi connectivity index (χ1v) is 7.68. The first-order chi connectivity index (χ1) is 8.97. The van der Waals surface area contributed by atoms with E-state index in [0.717, 1.165) is 20.8 Å². The van der Waals surface area contributed by atoms with Crippen LogP contribution < -0.4 is 5.32 Å². The molecule has 3 heteroatoms. The summed E-state index contributed by atoms with van der Waals surface area (Å²) in [7, 11) is 0. The molecule has 0 amide bonds. The molecule has 0 radical (unpaired) electrons. The molecule has 0 aliphatic heterocycles. The van der Waals surface area contributed by atoms with Crippen molar-refractivity contribution >= 4 is 39.9 Å². The van der Waals surface area contributed by atoms with Gasteiger partial charge in [-0.05, 0) is 78.3 Å². The molecule has 0 aliphatic rings. The van der Waals surface area contributed by atoms with E-state index in [1.165, 1.54) is 22.3 Å². The molecule has 0 aromatic heterocycles. The van der Waals surface area contributed by atoms with E-state index in [-0.39, 0.29) is 0 Å². The van der Waals surface area contributed by atoms with E-state index in [2.05, 4.69) is 66.9 Å². The Hall–Kier alpha value is -0.740. The summed E-state index contributed by atoms with van der Waals surface area (Å²) in [6, 6.07) is 10.5. The number of rotatable bonds is 3. The second-order valence-corrected chi connectivity index (χ2v) is 6.51. The number of anilines is 1. The predicted octanol–water partition coefficient (Wildman–Crippen LogP) is 5.48. The molecule has 2 aromatic rings. The third-order valence-electron chi connectivity index (χ3n) is 3.23. The first-order valence-electron chi connectivity index (χ1n) is 6.23. The van der Waals surface area contributed by atoms with Crippen LogP contribution in [0.5, 0.6) is 0 Å². The third-order valence-corrected chi connectivity index (χ3v) is 4.21. The molecule has 2 aromatic carbocycles. The van der Waals surface area contributed by atoms with Gasteiger partial charge in [-0.25, -0.2) is 0 Å². The van der Waals surface area contributed by atoms with Gasteiger partial charge >= 0.3 is 0 Å². The van der Waals surface area contributed by atoms with Crippen molar-refractivity contribution in [2.75, 3.05) is 5.32 Å². The highest BCUT2D eigenvalue weighted by molar-refractivity contribution is 14.1. The minimum absolute atomic E-state index is 0.773. The average molecular weight is 386 g/mol. The molecule has 1 nitrogen and oxygen atoms in total. The topological polar surface area (TPSA) is 12.0 Å². The lowest BCUT2D eigenvalue weighted by atomic mass is 10.00. The van der Waals surface area contributed by atoms with Crippen molar-refractivity contribution in [1.29, 1.82) is 0 Å². The molecular weight excluding hydrogens is 369 g/mol. The maximum Gasteiger partial charge on any atom is 0.0648 e. The van der Waals surface area contributed by atoms with E-state index in [1.807, 2.05) is 12.1 Å². The van der Waals surface area contributed by atoms with Gasteiger partial charge in [0.2, 0.25) is 0 Å². The highest BCUT2D eigenvalue weighted by Gasteiger charge is 2.05. The van der Waals surface area contributed by atoms with Crippen molar-refractivity contribution in [3.05, 3.63) is 61.2 Å². The molecule has 0 spiro atoms. The maximum atomic E-state index is 6.23. The van der Waals surface area contributed by atoms with Crippen LogP contribution in [0.3, 0.4) is 0 Å². The molecule has 1 N–H and O–H groups in total. The van der Waals surface area contributed by atoms with Crippen LogP contribution in [0.15, 0.2) is 30.3 Å². The molecule has 100 valence electrons. The zero-order chi connectivity index (χ0) is 14.0. The maximum absolute atomic E-state index is 6.23. The summed E-state index contributed by atoms with van der Waals surface area (Å²) in [6.45, 7) is 7.25. The third kappa shape index (κ3) is 3.63. The summed E-state index contributed by atoms with van der Waals surface area (Å²) in [4.78, 5) is 0. The van der Waals surface area contributed by atoms with Crippen LogP contribution in [-0.2, 0) is 6.54 Å². The monoisotopic (exact) mass is 385 g/mol. The number of benzene rings is 2. The van der Waals surface area contributed by atoms with Crippen molar-refractivity contribution in [3.63, 3.8) is 0 Å². The molecule has 19 heavy (non-hydrogen) atoms. The number of aryl methyl sites for hydroxylation is 3. The van der Waals surface area contributed by atoms with Gasteiger partial charge in [-0.15, -0.1) is 0 Å². The Balaban J connectivity index is 2.19. The van der Waals surface area contributed by atoms with Crippen LogP contribution in [-0.4, -0.2) is 0 Å². The molecule has 0 fully saturated rings. The van der Waals surface area contributed by atoms with Crippen molar-refractivity contribution in [1.82, 2.24) is 0 Å². The van der Waals surface area contributed by atoms with Gasteiger partial charge in [0.15, 0.2) is 0 Å². The molecule has 0 unspecified atom stereocenters. The average Bonchev–Trinajstić information content (AvgIpc) is 2.30. The number of halogens is 2. The molecule has 0 saturated carbocycles. The molecule has 2 rings (SSSR count). The number of nitrogens with one attached hydrogen (secondary N) is 1. The van der Waals surface area contributed by atoms with Crippen molar-refractivity contribution in [2.45, 2.75) is 27.3 Å². The first kappa shape index (κ1) is 14.7. The minimum Gasteiger partial charge on any atom is -0.380 e. The zero-order valence-electron chi connectivity index (χ0n) is 11.3. The van der Waals surface area contributed by atoms with Gasteiger partial charge in [-0.2, -0.15) is 0 Å². The molecule has 0 bridgehead atoms. The highest BCUT2D eigenvalue weighted by atomic mass is 127. The van der Waals surface area contributed by atoms with Gasteiger partial charge in [-0.3, -0.25) is 0 Å². The van der Waals surface area contributed by atoms with Gasteiger partial charge in [0.05, 0.1) is 10.7 Å². The van der Waals surface area contributed by atoms with Crippen LogP contribution in [0.2, 0.25) is 5.02 Å². The van der Waals surface area contributed by atoms with Crippen LogP contribution in [0.25, 0.3) is 0 Å². The fourth-order valence-corrected chi connectivity index (χ4v) is 3.23. The summed E-state index contributed by atoms with van der Waals surface area (Å²) in [5.41, 5.74) is 6.30. The Bertz CT molecular complexity index is 585. The Morgan fingerprint density at radius 2 is 1.68 bits per heavy atom. The Morgan fingerprint density at radius 3 is 2.26 bits per heavy atom. The van der Waals surface area contributed by atoms with Crippen molar-refractivity contribution in [3.8, 4) is 0 Å². The van der Waals surface area contributed by atoms with Gasteiger partial charge in [-0.1, -0.05) is 29.3 Å². The molecule has 0 heterocycles. The van der Waals surface area contributed by atoms with Gasteiger partial charge in [0.25, 0.3) is 0 Å². The number of hydrogen-bond acceptors (Lipinski definition) is 1. The second kappa shape index (κ2) is 6.14. The van der Waals surface area contributed by atoms with Gasteiger partial charge in [0, 0.05) is 10.1 Å². The normalized spacial score (nSPS) is 10.6. The minimum atomic E-state index is 0.773.